The van der Waals surface area contributed by atoms with Crippen molar-refractivity contribution >= 4 is 11.9 Å². The van der Waals surface area contributed by atoms with Crippen LogP contribution in [0.4, 0.5) is 13.2 Å². The molecular formula is C28H29F3N2O4. The summed E-state index contributed by atoms with van der Waals surface area (Å²) in [4.78, 5) is 38.3. The van der Waals surface area contributed by atoms with Crippen LogP contribution >= 0.6 is 0 Å². The van der Waals surface area contributed by atoms with Crippen molar-refractivity contribution in [2.45, 2.75) is 45.8 Å². The molecule has 0 saturated carbocycles. The number of rotatable bonds is 7. The predicted molar refractivity (Wildman–Crippen MR) is 134 cm³/mol. The van der Waals surface area contributed by atoms with Crippen LogP contribution in [0.1, 0.15) is 45.2 Å². The van der Waals surface area contributed by atoms with Crippen molar-refractivity contribution in [3.05, 3.63) is 92.4 Å². The van der Waals surface area contributed by atoms with E-state index in [4.69, 9.17) is 4.74 Å². The first-order valence-corrected chi connectivity index (χ1v) is 11.7. The summed E-state index contributed by atoms with van der Waals surface area (Å²) in [6.45, 7) is 5.17. The van der Waals surface area contributed by atoms with Crippen LogP contribution in [-0.4, -0.2) is 29.6 Å². The molecule has 0 aliphatic rings. The largest absolute Gasteiger partial charge is 0.467 e. The Bertz CT molecular complexity index is 1380. The van der Waals surface area contributed by atoms with E-state index in [0.29, 0.717) is 17.5 Å². The minimum absolute atomic E-state index is 0.0457. The molecule has 0 saturated heterocycles. The van der Waals surface area contributed by atoms with E-state index in [1.54, 1.807) is 0 Å². The van der Waals surface area contributed by atoms with E-state index in [1.807, 2.05) is 32.0 Å². The molecule has 196 valence electrons. The van der Waals surface area contributed by atoms with Crippen LogP contribution in [0.25, 0.3) is 11.1 Å². The minimum atomic E-state index is -4.71. The van der Waals surface area contributed by atoms with Crippen molar-refractivity contribution in [1.29, 1.82) is 0 Å². The van der Waals surface area contributed by atoms with Gasteiger partial charge < -0.3 is 14.6 Å². The van der Waals surface area contributed by atoms with Gasteiger partial charge in [0.05, 0.1) is 18.2 Å². The number of halogens is 3. The number of pyridine rings is 1. The Morgan fingerprint density at radius 2 is 1.73 bits per heavy atom. The van der Waals surface area contributed by atoms with Gasteiger partial charge in [-0.3, -0.25) is 9.59 Å². The van der Waals surface area contributed by atoms with Gasteiger partial charge >= 0.3 is 12.1 Å². The molecule has 1 atom stereocenters. The smallest absolute Gasteiger partial charge is 0.417 e. The Kier molecular flexibility index (Phi) is 8.25. The fraction of sp³-hybridized carbons (Fsp3) is 0.321. The second-order valence-electron chi connectivity index (χ2n) is 8.85. The van der Waals surface area contributed by atoms with Gasteiger partial charge in [-0.2, -0.15) is 13.2 Å². The zero-order valence-electron chi connectivity index (χ0n) is 21.3. The highest BCUT2D eigenvalue weighted by molar-refractivity contribution is 5.99. The predicted octanol–water partition coefficient (Wildman–Crippen LogP) is 4.76. The first-order chi connectivity index (χ1) is 17.4. The number of methoxy groups -OCH3 is 1. The van der Waals surface area contributed by atoms with E-state index in [-0.39, 0.29) is 17.7 Å². The summed E-state index contributed by atoms with van der Waals surface area (Å²) in [6.07, 6.45) is -4.03. The van der Waals surface area contributed by atoms with E-state index in [2.05, 4.69) is 5.32 Å². The molecule has 3 aromatic rings. The van der Waals surface area contributed by atoms with Crippen molar-refractivity contribution in [3.8, 4) is 11.1 Å². The molecule has 37 heavy (non-hydrogen) atoms. The normalized spacial score (nSPS) is 12.2. The van der Waals surface area contributed by atoms with Gasteiger partial charge in [0.1, 0.15) is 6.04 Å². The zero-order chi connectivity index (χ0) is 27.5. The fourth-order valence-electron chi connectivity index (χ4n) is 4.28. The molecule has 0 spiro atoms. The topological polar surface area (TPSA) is 77.4 Å². The summed E-state index contributed by atoms with van der Waals surface area (Å²) in [5.41, 5.74) is 0.737. The third-order valence-electron chi connectivity index (χ3n) is 6.42. The Balaban J connectivity index is 1.93. The van der Waals surface area contributed by atoms with E-state index < -0.39 is 40.8 Å². The molecule has 0 bridgehead atoms. The number of carbonyl (C=O) groups is 2. The number of aryl methyl sites for hydroxylation is 3. The highest BCUT2D eigenvalue weighted by Gasteiger charge is 2.36. The number of nitrogens with one attached hydrogen (secondary N) is 1. The molecule has 1 amide bonds. The maximum atomic E-state index is 13.7. The van der Waals surface area contributed by atoms with Gasteiger partial charge in [0.25, 0.3) is 11.5 Å². The van der Waals surface area contributed by atoms with E-state index in [9.17, 15) is 27.6 Å². The van der Waals surface area contributed by atoms with Crippen molar-refractivity contribution < 1.29 is 27.5 Å². The highest BCUT2D eigenvalue weighted by Crippen LogP contribution is 2.35. The summed E-state index contributed by atoms with van der Waals surface area (Å²) in [5.74, 6) is -1.07. The lowest BCUT2D eigenvalue weighted by atomic mass is 9.96. The van der Waals surface area contributed by atoms with Gasteiger partial charge in [-0.15, -0.1) is 0 Å². The minimum Gasteiger partial charge on any atom is -0.467 e. The average molecular weight is 515 g/mol. The fourth-order valence-corrected chi connectivity index (χ4v) is 4.28. The summed E-state index contributed by atoms with van der Waals surface area (Å²) in [7, 11) is 2.62. The molecule has 1 N–H and O–H groups in total. The number of ether oxygens (including phenoxy) is 1. The molecule has 3 rings (SSSR count). The maximum absolute atomic E-state index is 13.7. The van der Waals surface area contributed by atoms with Gasteiger partial charge in [-0.25, -0.2) is 4.79 Å². The summed E-state index contributed by atoms with van der Waals surface area (Å²) >= 11 is 0. The second-order valence-corrected chi connectivity index (χ2v) is 8.85. The number of carbonyl (C=O) groups excluding carboxylic acids is 2. The number of alkyl halides is 3. The van der Waals surface area contributed by atoms with E-state index in [1.165, 1.54) is 45.3 Å². The first kappa shape index (κ1) is 27.7. The van der Waals surface area contributed by atoms with E-state index >= 15 is 0 Å². The number of aromatic nitrogens is 1. The lowest BCUT2D eigenvalue weighted by Gasteiger charge is -2.19. The van der Waals surface area contributed by atoms with E-state index in [0.717, 1.165) is 21.8 Å². The number of nitrogens with zero attached hydrogens (tertiary/aromatic N) is 1. The molecule has 0 aliphatic carbocycles. The highest BCUT2D eigenvalue weighted by atomic mass is 19.4. The number of esters is 1. The molecular weight excluding hydrogens is 485 g/mol. The van der Waals surface area contributed by atoms with Crippen LogP contribution in [-0.2, 0) is 35.6 Å². The molecule has 0 aliphatic heterocycles. The monoisotopic (exact) mass is 514 g/mol. The second kappa shape index (κ2) is 11.0. The van der Waals surface area contributed by atoms with Crippen molar-refractivity contribution in [2.24, 2.45) is 7.05 Å². The lowest BCUT2D eigenvalue weighted by molar-refractivity contribution is -0.143. The quantitative estimate of drug-likeness (QED) is 0.461. The van der Waals surface area contributed by atoms with Crippen molar-refractivity contribution in [3.63, 3.8) is 0 Å². The van der Waals surface area contributed by atoms with Crippen LogP contribution in [0, 0.1) is 13.8 Å². The standard InChI is InChI=1S/C28H29F3N2O4/c1-6-19-9-7-8-16(2)23(19)25(34)32-22(27(36)37-5)15-18-10-12-20(13-11-18)24-21(28(29,30)31)14-17(3)33(4)26(24)35/h7-14,22H,6,15H2,1-5H3,(H,32,34). The Morgan fingerprint density at radius 1 is 1.08 bits per heavy atom. The first-order valence-electron chi connectivity index (χ1n) is 11.7. The lowest BCUT2D eigenvalue weighted by Crippen LogP contribution is -2.43. The van der Waals surface area contributed by atoms with Gasteiger partial charge in [-0.1, -0.05) is 49.4 Å². The van der Waals surface area contributed by atoms with Crippen LogP contribution in [0.2, 0.25) is 0 Å². The Hall–Kier alpha value is -3.88. The number of benzene rings is 2. The van der Waals surface area contributed by atoms with Gasteiger partial charge in [0.15, 0.2) is 0 Å². The summed E-state index contributed by atoms with van der Waals surface area (Å²) < 4.78 is 47.2. The third-order valence-corrected chi connectivity index (χ3v) is 6.42. The molecule has 2 aromatic carbocycles. The summed E-state index contributed by atoms with van der Waals surface area (Å²) in [5, 5.41) is 2.73. The molecule has 9 heteroatoms. The van der Waals surface area contributed by atoms with Gasteiger partial charge in [0.2, 0.25) is 0 Å². The molecule has 6 nitrogen and oxygen atoms in total. The van der Waals surface area contributed by atoms with Gasteiger partial charge in [-0.05, 0) is 48.6 Å². The third kappa shape index (κ3) is 5.93. The van der Waals surface area contributed by atoms with Crippen LogP contribution in [0.15, 0.2) is 53.3 Å². The number of hydrogen-bond acceptors (Lipinski definition) is 4. The number of amides is 1. The molecule has 0 radical (unpaired) electrons. The molecule has 1 aromatic heterocycles. The zero-order valence-corrected chi connectivity index (χ0v) is 21.3. The molecule has 0 fully saturated rings. The van der Waals surface area contributed by atoms with Crippen molar-refractivity contribution in [2.75, 3.05) is 7.11 Å². The van der Waals surface area contributed by atoms with Crippen LogP contribution in [0.3, 0.4) is 0 Å². The summed E-state index contributed by atoms with van der Waals surface area (Å²) in [6, 6.07) is 11.3. The molecule has 1 heterocycles. The van der Waals surface area contributed by atoms with Gasteiger partial charge in [0, 0.05) is 24.7 Å². The molecule has 1 unspecified atom stereocenters. The van der Waals surface area contributed by atoms with Crippen LogP contribution in [0.5, 0.6) is 0 Å². The van der Waals surface area contributed by atoms with Crippen LogP contribution < -0.4 is 10.9 Å². The Labute approximate surface area is 213 Å². The maximum Gasteiger partial charge on any atom is 0.417 e. The average Bonchev–Trinajstić information content (AvgIpc) is 2.85. The van der Waals surface area contributed by atoms with Crippen molar-refractivity contribution in [1.82, 2.24) is 9.88 Å². The Morgan fingerprint density at radius 3 is 2.30 bits per heavy atom. The number of hydrogen-bond donors (Lipinski definition) is 1. The SMILES string of the molecule is CCc1cccc(C)c1C(=O)NC(Cc1ccc(-c2c(C(F)(F)F)cc(C)n(C)c2=O)cc1)C(=O)OC.